The van der Waals surface area contributed by atoms with Crippen LogP contribution in [0.3, 0.4) is 0 Å². The van der Waals surface area contributed by atoms with E-state index in [1.54, 1.807) is 0 Å². The Labute approximate surface area is 149 Å². The minimum Gasteiger partial charge on any atom is -0.426 e. The van der Waals surface area contributed by atoms with Crippen molar-refractivity contribution in [2.45, 2.75) is 58.3 Å². The molecule has 0 aromatic heterocycles. The van der Waals surface area contributed by atoms with Gasteiger partial charge < -0.3 is 4.74 Å². The number of carbonyl (C=O) groups is 1. The molecule has 0 aliphatic heterocycles. The van der Waals surface area contributed by atoms with Crippen molar-refractivity contribution >= 4 is 5.97 Å². The van der Waals surface area contributed by atoms with Crippen LogP contribution in [-0.4, -0.2) is 5.97 Å². The van der Waals surface area contributed by atoms with E-state index in [1.165, 1.54) is 24.3 Å². The van der Waals surface area contributed by atoms with Crippen LogP contribution in [0.5, 0.6) is 5.75 Å². The first-order chi connectivity index (χ1) is 12.0. The highest BCUT2D eigenvalue weighted by Crippen LogP contribution is 2.51. The number of nitrogens with zero attached hydrogens (tertiary/aromatic N) is 1. The van der Waals surface area contributed by atoms with E-state index in [0.29, 0.717) is 17.6 Å². The van der Waals surface area contributed by atoms with Crippen molar-refractivity contribution in [2.24, 2.45) is 23.2 Å². The number of nitriles is 1. The lowest BCUT2D eigenvalue weighted by Crippen LogP contribution is -2.38. The topological polar surface area (TPSA) is 50.1 Å². The van der Waals surface area contributed by atoms with Gasteiger partial charge in [-0.3, -0.25) is 4.79 Å². The summed E-state index contributed by atoms with van der Waals surface area (Å²) in [6, 6.07) is 8.19. The van der Waals surface area contributed by atoms with Crippen molar-refractivity contribution in [3.05, 3.63) is 30.1 Å². The summed E-state index contributed by atoms with van der Waals surface area (Å²) in [6.07, 6.45) is 7.72. The van der Waals surface area contributed by atoms with Crippen molar-refractivity contribution in [3.63, 3.8) is 0 Å². The minimum absolute atomic E-state index is 0.0768. The number of rotatable bonds is 4. The van der Waals surface area contributed by atoms with Crippen LogP contribution < -0.4 is 4.74 Å². The molecule has 1 aromatic carbocycles. The number of fused-ring (bicyclic) bond motifs is 1. The van der Waals surface area contributed by atoms with Crippen LogP contribution in [0.25, 0.3) is 0 Å². The third kappa shape index (κ3) is 4.03. The monoisotopic (exact) mass is 343 g/mol. The zero-order valence-corrected chi connectivity index (χ0v) is 14.8. The number of hydrogen-bond acceptors (Lipinski definition) is 3. The molecule has 3 rings (SSSR count). The Kier molecular flexibility index (Phi) is 5.42. The van der Waals surface area contributed by atoms with E-state index in [0.717, 1.165) is 51.4 Å². The van der Waals surface area contributed by atoms with Gasteiger partial charge in [0, 0.05) is 0 Å². The van der Waals surface area contributed by atoms with E-state index in [2.05, 4.69) is 13.0 Å². The second-order valence-electron chi connectivity index (χ2n) is 7.79. The van der Waals surface area contributed by atoms with Crippen LogP contribution in [0, 0.1) is 40.3 Å². The molecule has 0 bridgehead atoms. The average molecular weight is 343 g/mol. The molecule has 25 heavy (non-hydrogen) atoms. The highest BCUT2D eigenvalue weighted by atomic mass is 19.1. The third-order valence-corrected chi connectivity index (χ3v) is 6.12. The summed E-state index contributed by atoms with van der Waals surface area (Å²) in [4.78, 5) is 12.4. The maximum Gasteiger partial charge on any atom is 0.314 e. The predicted octanol–water partition coefficient (Wildman–Crippen LogP) is 5.26. The van der Waals surface area contributed by atoms with Gasteiger partial charge in [-0.25, -0.2) is 4.39 Å². The fraction of sp³-hybridized carbons (Fsp3) is 0.619. The first-order valence-corrected chi connectivity index (χ1v) is 9.44. The fourth-order valence-corrected chi connectivity index (χ4v) is 4.79. The summed E-state index contributed by atoms with van der Waals surface area (Å²) < 4.78 is 18.4. The normalized spacial score (nSPS) is 31.6. The molecule has 4 heteroatoms. The SMILES string of the molecule is CCC[C@]1(C#N)CC[C@@H]2CC(C(=O)Oc3ccc(F)cc3)CCC2C1. The number of carbonyl (C=O) groups excluding carboxylic acids is 1. The van der Waals surface area contributed by atoms with Crippen LogP contribution in [0.4, 0.5) is 4.39 Å². The first kappa shape index (κ1) is 17.9. The highest BCUT2D eigenvalue weighted by Gasteiger charge is 2.44. The van der Waals surface area contributed by atoms with Gasteiger partial charge in [-0.2, -0.15) is 5.26 Å². The summed E-state index contributed by atoms with van der Waals surface area (Å²) in [5.41, 5.74) is -0.141. The number of benzene rings is 1. The van der Waals surface area contributed by atoms with E-state index in [4.69, 9.17) is 4.74 Å². The smallest absolute Gasteiger partial charge is 0.314 e. The standard InChI is InChI=1S/C21H26FNO2/c1-2-10-21(14-23)11-9-15-12-16(3-4-17(15)13-21)20(24)25-19-7-5-18(22)6-8-19/h5-8,15-17H,2-4,9-13H2,1H3/t15-,16?,17?,21+/m1/s1. The van der Waals surface area contributed by atoms with Gasteiger partial charge in [0.25, 0.3) is 0 Å². The number of esters is 1. The maximum atomic E-state index is 12.9. The van der Waals surface area contributed by atoms with Gasteiger partial charge in [-0.15, -0.1) is 0 Å². The van der Waals surface area contributed by atoms with E-state index in [-0.39, 0.29) is 23.1 Å². The van der Waals surface area contributed by atoms with Gasteiger partial charge in [-0.05, 0) is 81.0 Å². The molecule has 3 nitrogen and oxygen atoms in total. The van der Waals surface area contributed by atoms with Gasteiger partial charge >= 0.3 is 5.97 Å². The largest absolute Gasteiger partial charge is 0.426 e. The van der Waals surface area contributed by atoms with Crippen LogP contribution in [0.2, 0.25) is 0 Å². The van der Waals surface area contributed by atoms with E-state index in [1.807, 2.05) is 0 Å². The Bertz CT molecular complexity index is 651. The van der Waals surface area contributed by atoms with Gasteiger partial charge in [-0.1, -0.05) is 13.3 Å². The second kappa shape index (κ2) is 7.56. The molecule has 2 saturated carbocycles. The lowest BCUT2D eigenvalue weighted by molar-refractivity contribution is -0.141. The highest BCUT2D eigenvalue weighted by molar-refractivity contribution is 5.75. The fourth-order valence-electron chi connectivity index (χ4n) is 4.79. The summed E-state index contributed by atoms with van der Waals surface area (Å²) in [6.45, 7) is 2.15. The Morgan fingerprint density at radius 2 is 2.04 bits per heavy atom. The summed E-state index contributed by atoms with van der Waals surface area (Å²) in [7, 11) is 0. The molecule has 2 aliphatic carbocycles. The number of halogens is 1. The van der Waals surface area contributed by atoms with Crippen LogP contribution in [0.1, 0.15) is 58.3 Å². The quantitative estimate of drug-likeness (QED) is 0.553. The molecular formula is C21H26FNO2. The molecule has 0 spiro atoms. The zero-order valence-electron chi connectivity index (χ0n) is 14.8. The lowest BCUT2D eigenvalue weighted by Gasteiger charge is -2.44. The van der Waals surface area contributed by atoms with Crippen molar-refractivity contribution in [3.8, 4) is 11.8 Å². The van der Waals surface area contributed by atoms with E-state index in [9.17, 15) is 14.4 Å². The molecule has 2 aliphatic rings. The van der Waals surface area contributed by atoms with Gasteiger partial charge in [0.2, 0.25) is 0 Å². The molecule has 0 saturated heterocycles. The number of ether oxygens (including phenoxy) is 1. The molecule has 1 aromatic rings. The average Bonchev–Trinajstić information content (AvgIpc) is 2.63. The van der Waals surface area contributed by atoms with Crippen LogP contribution in [0.15, 0.2) is 24.3 Å². The van der Waals surface area contributed by atoms with Gasteiger partial charge in [0.05, 0.1) is 17.4 Å². The second-order valence-corrected chi connectivity index (χ2v) is 7.79. The molecule has 2 unspecified atom stereocenters. The maximum absolute atomic E-state index is 12.9. The van der Waals surface area contributed by atoms with Crippen LogP contribution in [-0.2, 0) is 4.79 Å². The predicted molar refractivity (Wildman–Crippen MR) is 93.2 cm³/mol. The third-order valence-electron chi connectivity index (χ3n) is 6.12. The van der Waals surface area contributed by atoms with Crippen molar-refractivity contribution < 1.29 is 13.9 Å². The molecule has 4 atom stereocenters. The summed E-state index contributed by atoms with van der Waals surface area (Å²) in [5, 5.41) is 9.64. The molecule has 0 amide bonds. The Morgan fingerprint density at radius 3 is 2.72 bits per heavy atom. The van der Waals surface area contributed by atoms with Gasteiger partial charge in [0.15, 0.2) is 0 Å². The Hall–Kier alpha value is -1.89. The summed E-state index contributed by atoms with van der Waals surface area (Å²) >= 11 is 0. The van der Waals surface area contributed by atoms with Gasteiger partial charge in [0.1, 0.15) is 11.6 Å². The first-order valence-electron chi connectivity index (χ1n) is 9.44. The molecular weight excluding hydrogens is 317 g/mol. The molecule has 0 heterocycles. The van der Waals surface area contributed by atoms with Crippen molar-refractivity contribution in [1.29, 1.82) is 5.26 Å². The Balaban J connectivity index is 1.58. The molecule has 0 radical (unpaired) electrons. The minimum atomic E-state index is -0.337. The summed E-state index contributed by atoms with van der Waals surface area (Å²) in [5.74, 6) is 0.884. The number of hydrogen-bond donors (Lipinski definition) is 0. The van der Waals surface area contributed by atoms with E-state index >= 15 is 0 Å². The zero-order chi connectivity index (χ0) is 17.9. The van der Waals surface area contributed by atoms with Crippen molar-refractivity contribution in [2.75, 3.05) is 0 Å². The lowest BCUT2D eigenvalue weighted by atomic mass is 9.59. The van der Waals surface area contributed by atoms with Crippen molar-refractivity contribution in [1.82, 2.24) is 0 Å². The molecule has 0 N–H and O–H groups in total. The molecule has 134 valence electrons. The molecule has 2 fully saturated rings. The van der Waals surface area contributed by atoms with Crippen LogP contribution >= 0.6 is 0 Å². The Morgan fingerprint density at radius 1 is 1.28 bits per heavy atom. The van der Waals surface area contributed by atoms with E-state index < -0.39 is 0 Å².